The van der Waals surface area contributed by atoms with E-state index in [1.807, 2.05) is 18.2 Å². The fourth-order valence-corrected chi connectivity index (χ4v) is 1.96. The van der Waals surface area contributed by atoms with Gasteiger partial charge in [-0.05, 0) is 30.2 Å². The summed E-state index contributed by atoms with van der Waals surface area (Å²) in [5.41, 5.74) is 2.28. The van der Waals surface area contributed by atoms with Gasteiger partial charge in [0.05, 0.1) is 0 Å². The van der Waals surface area contributed by atoms with Crippen LogP contribution in [0.25, 0.3) is 0 Å². The average Bonchev–Trinajstić information content (AvgIpc) is 2.25. The Morgan fingerprint density at radius 1 is 1.33 bits per heavy atom. The van der Waals surface area contributed by atoms with Crippen LogP contribution >= 0.6 is 23.2 Å². The average molecular weight is 246 g/mol. The van der Waals surface area contributed by atoms with Crippen LogP contribution in [0.3, 0.4) is 0 Å². The van der Waals surface area contributed by atoms with Crippen LogP contribution in [0.1, 0.15) is 25.3 Å². The summed E-state index contributed by atoms with van der Waals surface area (Å²) in [7, 11) is 2.09. The molecule has 0 aromatic heterocycles. The zero-order chi connectivity index (χ0) is 11.3. The maximum Gasteiger partial charge on any atom is 0.0495 e. The Labute approximate surface area is 102 Å². The van der Waals surface area contributed by atoms with Crippen LogP contribution in [0.5, 0.6) is 0 Å². The molecule has 0 unspecified atom stereocenters. The normalized spacial score (nSPS) is 10.4. The van der Waals surface area contributed by atoms with Crippen LogP contribution in [0, 0.1) is 0 Å². The van der Waals surface area contributed by atoms with Crippen LogP contribution in [0.4, 0.5) is 5.69 Å². The zero-order valence-electron chi connectivity index (χ0n) is 9.26. The zero-order valence-corrected chi connectivity index (χ0v) is 10.8. The first kappa shape index (κ1) is 12.7. The lowest BCUT2D eigenvalue weighted by atomic mass is 10.2. The van der Waals surface area contributed by atoms with E-state index < -0.39 is 0 Å². The van der Waals surface area contributed by atoms with Gasteiger partial charge in [-0.1, -0.05) is 24.9 Å². The number of hydrogen-bond donors (Lipinski definition) is 0. The fraction of sp³-hybridized carbons (Fsp3) is 0.500. The Kier molecular flexibility index (Phi) is 5.27. The number of alkyl halides is 1. The van der Waals surface area contributed by atoms with Gasteiger partial charge in [-0.3, -0.25) is 0 Å². The smallest absolute Gasteiger partial charge is 0.0495 e. The molecule has 0 bridgehead atoms. The van der Waals surface area contributed by atoms with Gasteiger partial charge in [-0.15, -0.1) is 11.6 Å². The Morgan fingerprint density at radius 2 is 2.07 bits per heavy atom. The molecule has 0 aliphatic carbocycles. The van der Waals surface area contributed by atoms with Crippen molar-refractivity contribution in [1.82, 2.24) is 0 Å². The van der Waals surface area contributed by atoms with Gasteiger partial charge in [0.25, 0.3) is 0 Å². The van der Waals surface area contributed by atoms with Gasteiger partial charge in [0, 0.05) is 30.2 Å². The van der Waals surface area contributed by atoms with Gasteiger partial charge < -0.3 is 4.90 Å². The van der Waals surface area contributed by atoms with Gasteiger partial charge in [0.15, 0.2) is 0 Å². The largest absolute Gasteiger partial charge is 0.374 e. The molecule has 0 fully saturated rings. The molecule has 0 saturated carbocycles. The number of anilines is 1. The van der Waals surface area contributed by atoms with Crippen LogP contribution in [0.15, 0.2) is 18.2 Å². The first-order valence-electron chi connectivity index (χ1n) is 5.24. The van der Waals surface area contributed by atoms with Crippen molar-refractivity contribution in [2.45, 2.75) is 25.6 Å². The molecule has 0 heterocycles. The van der Waals surface area contributed by atoms with E-state index in [9.17, 15) is 0 Å². The maximum atomic E-state index is 5.93. The summed E-state index contributed by atoms with van der Waals surface area (Å²) in [6, 6.07) is 5.89. The van der Waals surface area contributed by atoms with E-state index in [2.05, 4.69) is 18.9 Å². The topological polar surface area (TPSA) is 3.24 Å². The van der Waals surface area contributed by atoms with Gasteiger partial charge in [-0.2, -0.15) is 0 Å². The lowest BCUT2D eigenvalue weighted by Gasteiger charge is -2.21. The van der Waals surface area contributed by atoms with Gasteiger partial charge in [-0.25, -0.2) is 0 Å². The predicted octanol–water partition coefficient (Wildman–Crippen LogP) is 4.32. The molecule has 0 aliphatic heterocycles. The predicted molar refractivity (Wildman–Crippen MR) is 69.2 cm³/mol. The second-order valence-electron chi connectivity index (χ2n) is 3.68. The quantitative estimate of drug-likeness (QED) is 0.699. The first-order chi connectivity index (χ1) is 7.19. The number of halogens is 2. The number of rotatable bonds is 5. The van der Waals surface area contributed by atoms with E-state index in [1.165, 1.54) is 18.5 Å². The highest BCUT2D eigenvalue weighted by atomic mass is 35.5. The molecule has 0 N–H and O–H groups in total. The van der Waals surface area contributed by atoms with Crippen LogP contribution in [-0.4, -0.2) is 13.6 Å². The number of nitrogens with zero attached hydrogens (tertiary/aromatic N) is 1. The van der Waals surface area contributed by atoms with E-state index in [1.54, 1.807) is 0 Å². The third-order valence-corrected chi connectivity index (χ3v) is 2.97. The molecule has 0 aliphatic rings. The highest BCUT2D eigenvalue weighted by molar-refractivity contribution is 6.30. The summed E-state index contributed by atoms with van der Waals surface area (Å²) in [6.07, 6.45) is 2.40. The summed E-state index contributed by atoms with van der Waals surface area (Å²) >= 11 is 11.8. The van der Waals surface area contributed by atoms with E-state index in [4.69, 9.17) is 23.2 Å². The molecule has 15 heavy (non-hydrogen) atoms. The first-order valence-corrected chi connectivity index (χ1v) is 6.15. The minimum absolute atomic E-state index is 0.506. The molecule has 0 radical (unpaired) electrons. The fourth-order valence-electron chi connectivity index (χ4n) is 1.55. The standard InChI is InChI=1S/C12H17Cl2N/c1-3-4-7-15(2)12-6-5-11(14)8-10(12)9-13/h5-6,8H,3-4,7,9H2,1-2H3. The van der Waals surface area contributed by atoms with Crippen molar-refractivity contribution >= 4 is 28.9 Å². The monoisotopic (exact) mass is 245 g/mol. The molecule has 3 heteroatoms. The summed E-state index contributed by atoms with van der Waals surface area (Å²) in [5.74, 6) is 0.506. The lowest BCUT2D eigenvalue weighted by molar-refractivity contribution is 0.765. The minimum Gasteiger partial charge on any atom is -0.374 e. The summed E-state index contributed by atoms with van der Waals surface area (Å²) in [4.78, 5) is 2.23. The number of benzene rings is 1. The molecule has 0 amide bonds. The molecule has 1 nitrogen and oxygen atoms in total. The van der Waals surface area contributed by atoms with E-state index in [-0.39, 0.29) is 0 Å². The van der Waals surface area contributed by atoms with Crippen molar-refractivity contribution in [2.75, 3.05) is 18.5 Å². The maximum absolute atomic E-state index is 5.93. The second-order valence-corrected chi connectivity index (χ2v) is 4.39. The van der Waals surface area contributed by atoms with Crippen molar-refractivity contribution in [3.05, 3.63) is 28.8 Å². The second kappa shape index (κ2) is 6.24. The van der Waals surface area contributed by atoms with Crippen molar-refractivity contribution in [3.63, 3.8) is 0 Å². The van der Waals surface area contributed by atoms with E-state index in [0.29, 0.717) is 5.88 Å². The summed E-state index contributed by atoms with van der Waals surface area (Å²) in [6.45, 7) is 3.25. The molecule has 1 aromatic carbocycles. The number of hydrogen-bond acceptors (Lipinski definition) is 1. The third-order valence-electron chi connectivity index (χ3n) is 2.44. The number of unbranched alkanes of at least 4 members (excludes halogenated alkanes) is 1. The highest BCUT2D eigenvalue weighted by Gasteiger charge is 2.06. The molecule has 0 spiro atoms. The van der Waals surface area contributed by atoms with Crippen molar-refractivity contribution in [1.29, 1.82) is 0 Å². The van der Waals surface area contributed by atoms with Crippen LogP contribution in [0.2, 0.25) is 5.02 Å². The third kappa shape index (κ3) is 3.58. The Bertz CT molecular complexity index is 312. The Balaban J connectivity index is 2.82. The van der Waals surface area contributed by atoms with Gasteiger partial charge in [0.1, 0.15) is 0 Å². The lowest BCUT2D eigenvalue weighted by Crippen LogP contribution is -2.19. The molecule has 1 aromatic rings. The molecule has 0 saturated heterocycles. The SMILES string of the molecule is CCCCN(C)c1ccc(Cl)cc1CCl. The van der Waals surface area contributed by atoms with Crippen LogP contribution in [-0.2, 0) is 5.88 Å². The highest BCUT2D eigenvalue weighted by Crippen LogP contribution is 2.25. The van der Waals surface area contributed by atoms with Gasteiger partial charge in [0.2, 0.25) is 0 Å². The summed E-state index contributed by atoms with van der Waals surface area (Å²) < 4.78 is 0. The molecular formula is C12H17Cl2N. The van der Waals surface area contributed by atoms with Crippen molar-refractivity contribution in [2.24, 2.45) is 0 Å². The molecule has 0 atom stereocenters. The minimum atomic E-state index is 0.506. The Morgan fingerprint density at radius 3 is 2.67 bits per heavy atom. The molecule has 84 valence electrons. The van der Waals surface area contributed by atoms with E-state index >= 15 is 0 Å². The van der Waals surface area contributed by atoms with Crippen LogP contribution < -0.4 is 4.90 Å². The van der Waals surface area contributed by atoms with E-state index in [0.717, 1.165) is 17.1 Å². The van der Waals surface area contributed by atoms with Gasteiger partial charge >= 0.3 is 0 Å². The van der Waals surface area contributed by atoms with Crippen molar-refractivity contribution in [3.8, 4) is 0 Å². The summed E-state index contributed by atoms with van der Waals surface area (Å²) in [5, 5.41) is 0.748. The molecular weight excluding hydrogens is 229 g/mol. The Hall–Kier alpha value is -0.400. The van der Waals surface area contributed by atoms with Crippen molar-refractivity contribution < 1.29 is 0 Å². The molecule has 1 rings (SSSR count).